The minimum atomic E-state index is -0.524. The molecule has 2 amide bonds. The van der Waals surface area contributed by atoms with Crippen LogP contribution in [0.4, 0.5) is 0 Å². The summed E-state index contributed by atoms with van der Waals surface area (Å²) in [6.07, 6.45) is 5.66. The van der Waals surface area contributed by atoms with Crippen LogP contribution in [0.2, 0.25) is 0 Å². The molecule has 1 spiro atoms. The summed E-state index contributed by atoms with van der Waals surface area (Å²) in [6.45, 7) is 2.16. The molecule has 1 aromatic heterocycles. The number of nitrogens with zero attached hydrogens (tertiary/aromatic N) is 4. The van der Waals surface area contributed by atoms with Gasteiger partial charge in [0, 0.05) is 54.2 Å². The number of amidine groups is 1. The van der Waals surface area contributed by atoms with Crippen molar-refractivity contribution < 1.29 is 9.59 Å². The lowest BCUT2D eigenvalue weighted by Crippen LogP contribution is -2.55. The lowest BCUT2D eigenvalue weighted by atomic mass is 9.97. The minimum Gasteiger partial charge on any atom is -0.342 e. The number of hydrogen-bond donors (Lipinski definition) is 0. The molecule has 7 rings (SSSR count). The highest BCUT2D eigenvalue weighted by Crippen LogP contribution is 2.46. The van der Waals surface area contributed by atoms with Gasteiger partial charge < -0.3 is 4.90 Å². The SMILES string of the molecule is O=C(C1CC1)N1CC(CN2C(=O)C3(CC3)N=C2c2ccc(-c3cnc4ccccc4c3)cc2)C1. The van der Waals surface area contributed by atoms with Gasteiger partial charge in [-0.3, -0.25) is 24.5 Å². The van der Waals surface area contributed by atoms with E-state index in [0.717, 1.165) is 72.2 Å². The standard InChI is InChI=1S/C28H26N4O2/c33-26(21-9-10-21)31-15-18(16-31)17-32-25(30-28(11-12-28)27(32)34)20-7-5-19(6-8-20)23-13-22-3-1-2-4-24(22)29-14-23/h1-8,13-14,18,21H,9-12,15-17H2. The fourth-order valence-electron chi connectivity index (χ4n) is 5.24. The van der Waals surface area contributed by atoms with Crippen LogP contribution in [0, 0.1) is 11.8 Å². The highest BCUT2D eigenvalue weighted by molar-refractivity contribution is 6.16. The maximum Gasteiger partial charge on any atom is 0.256 e. The number of hydrogen-bond acceptors (Lipinski definition) is 4. The van der Waals surface area contributed by atoms with Crippen LogP contribution >= 0.6 is 0 Å². The zero-order valence-corrected chi connectivity index (χ0v) is 19.0. The molecule has 3 heterocycles. The Balaban J connectivity index is 1.11. The van der Waals surface area contributed by atoms with Gasteiger partial charge in [0.2, 0.25) is 5.91 Å². The molecule has 2 aliphatic heterocycles. The van der Waals surface area contributed by atoms with Crippen molar-refractivity contribution in [3.63, 3.8) is 0 Å². The van der Waals surface area contributed by atoms with Crippen molar-refractivity contribution in [2.75, 3.05) is 19.6 Å². The summed E-state index contributed by atoms with van der Waals surface area (Å²) in [6, 6.07) is 18.6. The molecule has 0 N–H and O–H groups in total. The molecule has 2 saturated carbocycles. The first-order valence-corrected chi connectivity index (χ1v) is 12.3. The molecule has 6 nitrogen and oxygen atoms in total. The van der Waals surface area contributed by atoms with Crippen molar-refractivity contribution in [2.45, 2.75) is 31.2 Å². The maximum absolute atomic E-state index is 13.2. The molecule has 1 saturated heterocycles. The van der Waals surface area contributed by atoms with Crippen molar-refractivity contribution in [3.8, 4) is 11.1 Å². The van der Waals surface area contributed by atoms with E-state index >= 15 is 0 Å². The average molecular weight is 451 g/mol. The molecular weight excluding hydrogens is 424 g/mol. The van der Waals surface area contributed by atoms with Crippen molar-refractivity contribution in [3.05, 3.63) is 66.4 Å². The van der Waals surface area contributed by atoms with Crippen LogP contribution in [0.5, 0.6) is 0 Å². The Morgan fingerprint density at radius 2 is 1.71 bits per heavy atom. The first kappa shape index (κ1) is 19.9. The monoisotopic (exact) mass is 450 g/mol. The highest BCUT2D eigenvalue weighted by atomic mass is 16.2. The Morgan fingerprint density at radius 3 is 2.44 bits per heavy atom. The van der Waals surface area contributed by atoms with Crippen LogP contribution in [0.3, 0.4) is 0 Å². The third-order valence-corrected chi connectivity index (χ3v) is 7.65. The van der Waals surface area contributed by atoms with Crippen molar-refractivity contribution in [2.24, 2.45) is 16.8 Å². The highest BCUT2D eigenvalue weighted by Gasteiger charge is 2.57. The number of fused-ring (bicyclic) bond motifs is 1. The Hall–Kier alpha value is -3.54. The average Bonchev–Trinajstić information content (AvgIpc) is 3.76. The van der Waals surface area contributed by atoms with Crippen LogP contribution in [-0.4, -0.2) is 57.6 Å². The summed E-state index contributed by atoms with van der Waals surface area (Å²) in [7, 11) is 0. The van der Waals surface area contributed by atoms with Gasteiger partial charge in [-0.05, 0) is 43.4 Å². The number of amides is 2. The van der Waals surface area contributed by atoms with Gasteiger partial charge in [-0.2, -0.15) is 0 Å². The van der Waals surface area contributed by atoms with E-state index in [0.29, 0.717) is 18.4 Å². The molecule has 34 heavy (non-hydrogen) atoms. The van der Waals surface area contributed by atoms with Crippen LogP contribution in [0.25, 0.3) is 22.0 Å². The Kier molecular flexibility index (Phi) is 4.23. The van der Waals surface area contributed by atoms with E-state index in [1.54, 1.807) is 0 Å². The molecule has 2 aromatic carbocycles. The third kappa shape index (κ3) is 3.23. The smallest absolute Gasteiger partial charge is 0.256 e. The number of aliphatic imine (C=N–C) groups is 1. The number of likely N-dealkylation sites (tertiary alicyclic amines) is 1. The fourth-order valence-corrected chi connectivity index (χ4v) is 5.24. The second kappa shape index (κ2) is 7.23. The second-order valence-corrected chi connectivity index (χ2v) is 10.3. The normalized spacial score (nSPS) is 21.2. The molecule has 0 radical (unpaired) electrons. The predicted octanol–water partition coefficient (Wildman–Crippen LogP) is 3.89. The summed E-state index contributed by atoms with van der Waals surface area (Å²) < 4.78 is 0. The van der Waals surface area contributed by atoms with E-state index in [4.69, 9.17) is 4.99 Å². The molecule has 6 heteroatoms. The quantitative estimate of drug-likeness (QED) is 0.592. The van der Waals surface area contributed by atoms with Crippen LogP contribution < -0.4 is 0 Å². The molecule has 0 atom stereocenters. The lowest BCUT2D eigenvalue weighted by Gasteiger charge is -2.41. The van der Waals surface area contributed by atoms with E-state index in [1.807, 2.05) is 34.2 Å². The van der Waals surface area contributed by atoms with E-state index in [9.17, 15) is 9.59 Å². The van der Waals surface area contributed by atoms with Gasteiger partial charge in [-0.15, -0.1) is 0 Å². The molecule has 4 aliphatic rings. The fraction of sp³-hybridized carbons (Fsp3) is 0.357. The lowest BCUT2D eigenvalue weighted by molar-refractivity contribution is -0.139. The number of rotatable bonds is 5. The van der Waals surface area contributed by atoms with Gasteiger partial charge in [0.1, 0.15) is 11.4 Å². The van der Waals surface area contributed by atoms with Crippen LogP contribution in [0.15, 0.2) is 65.8 Å². The van der Waals surface area contributed by atoms with Crippen LogP contribution in [0.1, 0.15) is 31.2 Å². The Labute approximate surface area is 198 Å². The number of carbonyl (C=O) groups is 2. The first-order valence-electron chi connectivity index (χ1n) is 12.3. The minimum absolute atomic E-state index is 0.136. The summed E-state index contributed by atoms with van der Waals surface area (Å²) in [5.41, 5.74) is 3.59. The largest absolute Gasteiger partial charge is 0.342 e. The molecule has 2 aliphatic carbocycles. The predicted molar refractivity (Wildman–Crippen MR) is 130 cm³/mol. The van der Waals surface area contributed by atoms with Crippen molar-refractivity contribution in [1.82, 2.24) is 14.8 Å². The summed E-state index contributed by atoms with van der Waals surface area (Å²) in [5, 5.41) is 1.12. The van der Waals surface area contributed by atoms with Gasteiger partial charge in [0.15, 0.2) is 0 Å². The molecule has 0 unspecified atom stereocenters. The molecule has 0 bridgehead atoms. The van der Waals surface area contributed by atoms with Gasteiger partial charge in [0.25, 0.3) is 5.91 Å². The first-order chi connectivity index (χ1) is 16.6. The zero-order valence-electron chi connectivity index (χ0n) is 19.0. The van der Waals surface area contributed by atoms with Gasteiger partial charge in [-0.25, -0.2) is 0 Å². The third-order valence-electron chi connectivity index (χ3n) is 7.65. The summed E-state index contributed by atoms with van der Waals surface area (Å²) in [5.74, 6) is 1.82. The summed E-state index contributed by atoms with van der Waals surface area (Å²) in [4.78, 5) is 38.8. The Morgan fingerprint density at radius 1 is 0.971 bits per heavy atom. The number of aromatic nitrogens is 1. The van der Waals surface area contributed by atoms with E-state index in [-0.39, 0.29) is 11.8 Å². The van der Waals surface area contributed by atoms with Gasteiger partial charge in [-0.1, -0.05) is 42.5 Å². The molecule has 3 fully saturated rings. The van der Waals surface area contributed by atoms with E-state index in [1.165, 1.54) is 0 Å². The topological polar surface area (TPSA) is 65.9 Å². The second-order valence-electron chi connectivity index (χ2n) is 10.3. The van der Waals surface area contributed by atoms with Crippen molar-refractivity contribution in [1.29, 1.82) is 0 Å². The van der Waals surface area contributed by atoms with Crippen molar-refractivity contribution >= 4 is 28.6 Å². The molecule has 3 aromatic rings. The van der Waals surface area contributed by atoms with Crippen LogP contribution in [-0.2, 0) is 9.59 Å². The number of carbonyl (C=O) groups excluding carboxylic acids is 2. The van der Waals surface area contributed by atoms with Gasteiger partial charge in [0.05, 0.1) is 5.52 Å². The number of pyridine rings is 1. The number of benzene rings is 2. The van der Waals surface area contributed by atoms with E-state index in [2.05, 4.69) is 41.4 Å². The maximum atomic E-state index is 13.2. The zero-order chi connectivity index (χ0) is 22.9. The summed E-state index contributed by atoms with van der Waals surface area (Å²) >= 11 is 0. The van der Waals surface area contributed by atoms with Gasteiger partial charge >= 0.3 is 0 Å². The molecule has 170 valence electrons. The van der Waals surface area contributed by atoms with E-state index < -0.39 is 5.54 Å². The number of para-hydroxylation sites is 1. The molecular formula is C28H26N4O2. The Bertz CT molecular complexity index is 1350.